The van der Waals surface area contributed by atoms with Crippen LogP contribution < -0.4 is 5.32 Å². The minimum Gasteiger partial charge on any atom is -0.386 e. The molecule has 1 heterocycles. The third-order valence-electron chi connectivity index (χ3n) is 3.16. The van der Waals surface area contributed by atoms with Crippen LogP contribution in [0.1, 0.15) is 42.2 Å². The first-order valence-electron chi connectivity index (χ1n) is 5.73. The number of aliphatic hydroxyl groups is 1. The average Bonchev–Trinajstić information content (AvgIpc) is 2.84. The van der Waals surface area contributed by atoms with Gasteiger partial charge in [-0.25, -0.2) is 0 Å². The van der Waals surface area contributed by atoms with Gasteiger partial charge in [0.25, 0.3) is 0 Å². The van der Waals surface area contributed by atoms with Crippen LogP contribution in [0.15, 0.2) is 11.4 Å². The van der Waals surface area contributed by atoms with Gasteiger partial charge in [0.2, 0.25) is 0 Å². The zero-order chi connectivity index (χ0) is 10.7. The summed E-state index contributed by atoms with van der Waals surface area (Å²) >= 11 is 1.65. The van der Waals surface area contributed by atoms with Gasteiger partial charge in [-0.05, 0) is 36.8 Å². The van der Waals surface area contributed by atoms with E-state index in [4.69, 9.17) is 0 Å². The number of aliphatic hydroxyl groups excluding tert-OH is 1. The van der Waals surface area contributed by atoms with Gasteiger partial charge in [0.05, 0.1) is 0 Å². The Morgan fingerprint density at radius 2 is 2.27 bits per heavy atom. The van der Waals surface area contributed by atoms with Gasteiger partial charge in [-0.2, -0.15) is 0 Å². The van der Waals surface area contributed by atoms with Crippen molar-refractivity contribution in [1.29, 1.82) is 0 Å². The highest BCUT2D eigenvalue weighted by molar-refractivity contribution is 7.10. The van der Waals surface area contributed by atoms with Crippen LogP contribution in [0.3, 0.4) is 0 Å². The smallest absolute Gasteiger partial charge is 0.101 e. The molecule has 2 rings (SSSR count). The maximum Gasteiger partial charge on any atom is 0.101 e. The van der Waals surface area contributed by atoms with Crippen LogP contribution in [0.25, 0.3) is 0 Å². The predicted octanol–water partition coefficient (Wildman–Crippen LogP) is 2.62. The molecule has 0 radical (unpaired) electrons. The van der Waals surface area contributed by atoms with Crippen molar-refractivity contribution >= 4 is 11.3 Å². The molecule has 1 aromatic heterocycles. The van der Waals surface area contributed by atoms with Crippen molar-refractivity contribution in [2.75, 3.05) is 6.54 Å². The summed E-state index contributed by atoms with van der Waals surface area (Å²) in [5, 5.41) is 15.5. The Hall–Kier alpha value is -0.380. The van der Waals surface area contributed by atoms with Crippen molar-refractivity contribution in [2.45, 2.75) is 44.8 Å². The molecule has 0 aromatic carbocycles. The molecule has 84 valence electrons. The Labute approximate surface area is 95.3 Å². The van der Waals surface area contributed by atoms with E-state index in [-0.39, 0.29) is 6.10 Å². The summed E-state index contributed by atoms with van der Waals surface area (Å²) in [5.41, 5.74) is 1.21. The first kappa shape index (κ1) is 11.1. The maximum atomic E-state index is 10.00. The van der Waals surface area contributed by atoms with Gasteiger partial charge >= 0.3 is 0 Å². The predicted molar refractivity (Wildman–Crippen MR) is 64.3 cm³/mol. The van der Waals surface area contributed by atoms with Crippen molar-refractivity contribution in [2.24, 2.45) is 0 Å². The molecule has 3 heteroatoms. The zero-order valence-electron chi connectivity index (χ0n) is 9.20. The van der Waals surface area contributed by atoms with E-state index in [1.54, 1.807) is 11.3 Å². The van der Waals surface area contributed by atoms with Crippen molar-refractivity contribution in [1.82, 2.24) is 5.32 Å². The van der Waals surface area contributed by atoms with Gasteiger partial charge in [0.15, 0.2) is 0 Å². The Kier molecular flexibility index (Phi) is 3.78. The summed E-state index contributed by atoms with van der Waals surface area (Å²) < 4.78 is 0. The summed E-state index contributed by atoms with van der Waals surface area (Å²) in [6.07, 6.45) is 4.90. The van der Waals surface area contributed by atoms with Crippen molar-refractivity contribution < 1.29 is 5.11 Å². The minimum absolute atomic E-state index is 0.328. The molecule has 0 amide bonds. The molecule has 1 atom stereocenters. The van der Waals surface area contributed by atoms with E-state index in [9.17, 15) is 5.11 Å². The van der Waals surface area contributed by atoms with E-state index < -0.39 is 0 Å². The fourth-order valence-electron chi connectivity index (χ4n) is 2.23. The van der Waals surface area contributed by atoms with E-state index in [0.717, 1.165) is 4.88 Å². The first-order chi connectivity index (χ1) is 7.27. The van der Waals surface area contributed by atoms with Crippen LogP contribution in [0.5, 0.6) is 0 Å². The first-order valence-corrected chi connectivity index (χ1v) is 6.61. The summed E-state index contributed by atoms with van der Waals surface area (Å²) in [7, 11) is 0. The highest BCUT2D eigenvalue weighted by atomic mass is 32.1. The highest BCUT2D eigenvalue weighted by Gasteiger charge is 2.17. The Balaban J connectivity index is 1.81. The molecule has 1 aliphatic carbocycles. The number of aryl methyl sites for hydroxylation is 1. The van der Waals surface area contributed by atoms with Crippen molar-refractivity contribution in [3.63, 3.8) is 0 Å². The number of hydrogen-bond donors (Lipinski definition) is 2. The minimum atomic E-state index is -0.328. The van der Waals surface area contributed by atoms with Crippen molar-refractivity contribution in [3.8, 4) is 0 Å². The van der Waals surface area contributed by atoms with E-state index in [0.29, 0.717) is 12.6 Å². The highest BCUT2D eigenvalue weighted by Crippen LogP contribution is 2.24. The van der Waals surface area contributed by atoms with Gasteiger partial charge in [0, 0.05) is 17.5 Å². The summed E-state index contributed by atoms with van der Waals surface area (Å²) in [6, 6.07) is 2.71. The van der Waals surface area contributed by atoms with E-state index >= 15 is 0 Å². The van der Waals surface area contributed by atoms with Crippen molar-refractivity contribution in [3.05, 3.63) is 21.9 Å². The van der Waals surface area contributed by atoms with Crippen LogP contribution in [0.4, 0.5) is 0 Å². The summed E-state index contributed by atoms with van der Waals surface area (Å²) in [4.78, 5) is 1.11. The van der Waals surface area contributed by atoms with Gasteiger partial charge in [-0.1, -0.05) is 12.8 Å². The zero-order valence-corrected chi connectivity index (χ0v) is 10.0. The van der Waals surface area contributed by atoms with Gasteiger partial charge in [0.1, 0.15) is 6.10 Å². The lowest BCUT2D eigenvalue weighted by molar-refractivity contribution is 0.173. The summed E-state index contributed by atoms with van der Waals surface area (Å²) in [6.45, 7) is 2.76. The van der Waals surface area contributed by atoms with Gasteiger partial charge in [-0.3, -0.25) is 0 Å². The second-order valence-corrected chi connectivity index (χ2v) is 5.32. The molecule has 15 heavy (non-hydrogen) atoms. The number of nitrogens with one attached hydrogen (secondary N) is 1. The molecule has 1 fully saturated rings. The average molecular weight is 225 g/mol. The molecule has 1 aliphatic rings. The topological polar surface area (TPSA) is 32.3 Å². The van der Waals surface area contributed by atoms with E-state index in [1.165, 1.54) is 31.2 Å². The maximum absolute atomic E-state index is 10.00. The monoisotopic (exact) mass is 225 g/mol. The fraction of sp³-hybridized carbons (Fsp3) is 0.667. The van der Waals surface area contributed by atoms with Gasteiger partial charge in [-0.15, -0.1) is 11.3 Å². The molecular formula is C12H19NOS. The molecular weight excluding hydrogens is 206 g/mol. The molecule has 1 unspecified atom stereocenters. The lowest BCUT2D eigenvalue weighted by Crippen LogP contribution is -2.30. The molecule has 1 aromatic rings. The van der Waals surface area contributed by atoms with E-state index in [2.05, 4.69) is 18.3 Å². The molecule has 0 spiro atoms. The van der Waals surface area contributed by atoms with Crippen LogP contribution in [-0.2, 0) is 0 Å². The molecule has 2 N–H and O–H groups in total. The Bertz CT molecular complexity index is 304. The molecule has 0 bridgehead atoms. The third kappa shape index (κ3) is 2.80. The quantitative estimate of drug-likeness (QED) is 0.825. The third-order valence-corrected chi connectivity index (χ3v) is 4.28. The fourth-order valence-corrected chi connectivity index (χ4v) is 3.14. The lowest BCUT2D eigenvalue weighted by atomic mass is 10.2. The van der Waals surface area contributed by atoms with E-state index in [1.807, 2.05) is 5.38 Å². The van der Waals surface area contributed by atoms with Gasteiger partial charge < -0.3 is 10.4 Å². The molecule has 2 nitrogen and oxygen atoms in total. The Morgan fingerprint density at radius 1 is 1.53 bits per heavy atom. The lowest BCUT2D eigenvalue weighted by Gasteiger charge is -2.15. The summed E-state index contributed by atoms with van der Waals surface area (Å²) in [5.74, 6) is 0. The molecule has 0 aliphatic heterocycles. The largest absolute Gasteiger partial charge is 0.386 e. The molecule has 0 saturated heterocycles. The number of rotatable bonds is 4. The van der Waals surface area contributed by atoms with Crippen LogP contribution in [0.2, 0.25) is 0 Å². The number of hydrogen-bond acceptors (Lipinski definition) is 3. The van der Waals surface area contributed by atoms with Crippen LogP contribution >= 0.6 is 11.3 Å². The van der Waals surface area contributed by atoms with Crippen LogP contribution in [0, 0.1) is 6.92 Å². The SMILES string of the molecule is Cc1ccsc1C(O)CNC1CCCC1. The van der Waals surface area contributed by atoms with Crippen LogP contribution in [-0.4, -0.2) is 17.7 Å². The molecule has 1 saturated carbocycles. The number of thiophene rings is 1. The second kappa shape index (κ2) is 5.10. The normalized spacial score (nSPS) is 19.6. The second-order valence-electron chi connectivity index (χ2n) is 4.37. The Morgan fingerprint density at radius 3 is 2.87 bits per heavy atom. The standard InChI is InChI=1S/C12H19NOS/c1-9-6-7-15-12(9)11(14)8-13-10-4-2-3-5-10/h6-7,10-11,13-14H,2-5,8H2,1H3.